The van der Waals surface area contributed by atoms with E-state index in [1.807, 2.05) is 0 Å². The first-order valence-corrected chi connectivity index (χ1v) is 6.49. The van der Waals surface area contributed by atoms with Gasteiger partial charge in [0.2, 0.25) is 11.8 Å². The van der Waals surface area contributed by atoms with Crippen LogP contribution < -0.4 is 5.73 Å². The molecule has 2 rings (SSSR count). The Kier molecular flexibility index (Phi) is 4.55. The highest BCUT2D eigenvalue weighted by molar-refractivity contribution is 5.92. The molecule has 1 aromatic rings. The number of benzene rings is 1. The number of hydrogen-bond acceptors (Lipinski definition) is 3. The number of hydrogen-bond donors (Lipinski definition) is 1. The summed E-state index contributed by atoms with van der Waals surface area (Å²) in [5.41, 5.74) is 6.39. The summed E-state index contributed by atoms with van der Waals surface area (Å²) in [7, 11) is 1.58. The van der Waals surface area contributed by atoms with E-state index in [0.29, 0.717) is 11.1 Å². The molecule has 1 aliphatic rings. The molecule has 6 heteroatoms. The third kappa shape index (κ3) is 3.80. The molecule has 1 fully saturated rings. The first-order chi connectivity index (χ1) is 9.99. The van der Waals surface area contributed by atoms with Crippen molar-refractivity contribution >= 4 is 11.8 Å². The summed E-state index contributed by atoms with van der Waals surface area (Å²) in [4.78, 5) is 26.3. The highest BCUT2D eigenvalue weighted by Gasteiger charge is 2.27. The predicted molar refractivity (Wildman–Crippen MR) is 75.4 cm³/mol. The molecule has 2 N–H and O–H groups in total. The minimum absolute atomic E-state index is 0.00958. The summed E-state index contributed by atoms with van der Waals surface area (Å²) in [5.74, 6) is 4.69. The molecule has 0 radical (unpaired) electrons. The summed E-state index contributed by atoms with van der Waals surface area (Å²) in [6, 6.07) is 4.34. The van der Waals surface area contributed by atoms with Crippen LogP contribution in [0.25, 0.3) is 0 Å². The molecule has 0 spiro atoms. The van der Waals surface area contributed by atoms with E-state index in [1.165, 1.54) is 21.9 Å². The van der Waals surface area contributed by atoms with Crippen molar-refractivity contribution in [2.45, 2.75) is 6.54 Å². The molecule has 0 saturated carbocycles. The number of carbonyl (C=O) groups is 2. The van der Waals surface area contributed by atoms with Crippen LogP contribution in [0.1, 0.15) is 11.1 Å². The van der Waals surface area contributed by atoms with Crippen LogP contribution in [0.2, 0.25) is 0 Å². The topological polar surface area (TPSA) is 66.6 Å². The van der Waals surface area contributed by atoms with Gasteiger partial charge in [0.15, 0.2) is 0 Å². The summed E-state index contributed by atoms with van der Waals surface area (Å²) >= 11 is 0. The quantitative estimate of drug-likeness (QED) is 0.776. The fourth-order valence-electron chi connectivity index (χ4n) is 2.09. The van der Waals surface area contributed by atoms with E-state index in [4.69, 9.17) is 5.73 Å². The van der Waals surface area contributed by atoms with Crippen LogP contribution in [0.3, 0.4) is 0 Å². The maximum atomic E-state index is 13.6. The third-order valence-corrected chi connectivity index (χ3v) is 3.14. The largest absolute Gasteiger partial charge is 0.335 e. The average Bonchev–Trinajstić information content (AvgIpc) is 2.42. The lowest BCUT2D eigenvalue weighted by atomic mass is 10.1. The first kappa shape index (κ1) is 15.0. The van der Waals surface area contributed by atoms with Crippen molar-refractivity contribution in [3.8, 4) is 11.8 Å². The maximum absolute atomic E-state index is 13.6. The van der Waals surface area contributed by atoms with E-state index in [9.17, 15) is 14.0 Å². The Balaban J connectivity index is 2.17. The van der Waals surface area contributed by atoms with E-state index in [0.717, 1.165) is 0 Å². The van der Waals surface area contributed by atoms with Gasteiger partial charge in [0.05, 0.1) is 13.1 Å². The summed E-state index contributed by atoms with van der Waals surface area (Å²) in [6.07, 6.45) is 0. The molecular weight excluding hydrogens is 273 g/mol. The van der Waals surface area contributed by atoms with Crippen LogP contribution in [0.15, 0.2) is 18.2 Å². The monoisotopic (exact) mass is 289 g/mol. The minimum Gasteiger partial charge on any atom is -0.335 e. The van der Waals surface area contributed by atoms with E-state index in [2.05, 4.69) is 11.8 Å². The van der Waals surface area contributed by atoms with Crippen LogP contribution in [0.5, 0.6) is 0 Å². The first-order valence-electron chi connectivity index (χ1n) is 6.49. The molecule has 110 valence electrons. The molecule has 2 amide bonds. The Morgan fingerprint density at radius 2 is 2.00 bits per heavy atom. The van der Waals surface area contributed by atoms with Gasteiger partial charge in [0, 0.05) is 19.2 Å². The number of nitrogens with two attached hydrogens (primary N) is 1. The number of halogens is 1. The second kappa shape index (κ2) is 6.37. The standard InChI is InChI=1S/C15H16FN3O2/c1-18-9-15(21)19(10-14(18)20)8-12-5-11(3-2-4-17)6-13(16)7-12/h5-7H,4,8-10,17H2,1H3. The average molecular weight is 289 g/mol. The van der Waals surface area contributed by atoms with Crippen molar-refractivity contribution in [3.63, 3.8) is 0 Å². The second-order valence-electron chi connectivity index (χ2n) is 4.85. The molecule has 0 bridgehead atoms. The van der Waals surface area contributed by atoms with Crippen molar-refractivity contribution in [1.82, 2.24) is 9.80 Å². The molecular formula is C15H16FN3O2. The van der Waals surface area contributed by atoms with Crippen LogP contribution in [0.4, 0.5) is 4.39 Å². The maximum Gasteiger partial charge on any atom is 0.242 e. The lowest BCUT2D eigenvalue weighted by molar-refractivity contribution is -0.149. The second-order valence-corrected chi connectivity index (χ2v) is 4.85. The molecule has 1 aliphatic heterocycles. The van der Waals surface area contributed by atoms with Crippen molar-refractivity contribution < 1.29 is 14.0 Å². The number of carbonyl (C=O) groups excluding carboxylic acids is 2. The fourth-order valence-corrected chi connectivity index (χ4v) is 2.09. The Morgan fingerprint density at radius 3 is 2.71 bits per heavy atom. The van der Waals surface area contributed by atoms with Gasteiger partial charge in [-0.3, -0.25) is 9.59 Å². The highest BCUT2D eigenvalue weighted by Crippen LogP contribution is 2.13. The predicted octanol–water partition coefficient (Wildman–Crippen LogP) is -0.0635. The van der Waals surface area contributed by atoms with Gasteiger partial charge in [0.1, 0.15) is 12.4 Å². The summed E-state index contributed by atoms with van der Waals surface area (Å²) in [5, 5.41) is 0. The normalized spacial score (nSPS) is 15.0. The van der Waals surface area contributed by atoms with Gasteiger partial charge in [-0.2, -0.15) is 0 Å². The van der Waals surface area contributed by atoms with E-state index in [1.54, 1.807) is 13.1 Å². The number of nitrogens with zero attached hydrogens (tertiary/aromatic N) is 2. The minimum atomic E-state index is -0.429. The molecule has 0 unspecified atom stereocenters. The molecule has 1 aromatic carbocycles. The van der Waals surface area contributed by atoms with E-state index < -0.39 is 5.82 Å². The van der Waals surface area contributed by atoms with Crippen LogP contribution in [0, 0.1) is 17.7 Å². The van der Waals surface area contributed by atoms with Crippen molar-refractivity contribution in [1.29, 1.82) is 0 Å². The third-order valence-electron chi connectivity index (χ3n) is 3.14. The van der Waals surface area contributed by atoms with Gasteiger partial charge in [-0.15, -0.1) is 0 Å². The molecule has 0 aromatic heterocycles. The molecule has 0 atom stereocenters. The zero-order valence-electron chi connectivity index (χ0n) is 11.7. The van der Waals surface area contributed by atoms with Crippen LogP contribution in [-0.2, 0) is 16.1 Å². The number of amides is 2. The Bertz CT molecular complexity index is 634. The number of likely N-dealkylation sites (N-methyl/N-ethyl adjacent to an activating group) is 1. The molecule has 5 nitrogen and oxygen atoms in total. The Morgan fingerprint density at radius 1 is 1.24 bits per heavy atom. The van der Waals surface area contributed by atoms with Crippen LogP contribution in [-0.4, -0.2) is 48.3 Å². The summed E-state index contributed by atoms with van der Waals surface area (Å²) < 4.78 is 13.6. The van der Waals surface area contributed by atoms with Gasteiger partial charge >= 0.3 is 0 Å². The Labute approximate surface area is 122 Å². The van der Waals surface area contributed by atoms with Crippen LogP contribution >= 0.6 is 0 Å². The molecule has 21 heavy (non-hydrogen) atoms. The van der Waals surface area contributed by atoms with E-state index in [-0.39, 0.29) is 38.0 Å². The lowest BCUT2D eigenvalue weighted by Crippen LogP contribution is -2.51. The molecule has 1 saturated heterocycles. The van der Waals surface area contributed by atoms with Gasteiger partial charge in [-0.05, 0) is 23.8 Å². The zero-order valence-corrected chi connectivity index (χ0v) is 11.7. The summed E-state index contributed by atoms with van der Waals surface area (Å²) in [6.45, 7) is 0.439. The lowest BCUT2D eigenvalue weighted by Gasteiger charge is -2.31. The van der Waals surface area contributed by atoms with Gasteiger partial charge in [-0.1, -0.05) is 11.8 Å². The van der Waals surface area contributed by atoms with Gasteiger partial charge in [0.25, 0.3) is 0 Å². The Hall–Kier alpha value is -2.39. The number of rotatable bonds is 2. The smallest absolute Gasteiger partial charge is 0.242 e. The van der Waals surface area contributed by atoms with Crippen molar-refractivity contribution in [3.05, 3.63) is 35.1 Å². The fraction of sp³-hybridized carbons (Fsp3) is 0.333. The highest BCUT2D eigenvalue weighted by atomic mass is 19.1. The zero-order chi connectivity index (χ0) is 15.4. The van der Waals surface area contributed by atoms with Gasteiger partial charge < -0.3 is 15.5 Å². The molecule has 0 aliphatic carbocycles. The number of piperazine rings is 1. The molecule has 1 heterocycles. The van der Waals surface area contributed by atoms with E-state index >= 15 is 0 Å². The SMILES string of the molecule is CN1CC(=O)N(Cc2cc(F)cc(C#CCN)c2)CC1=O. The van der Waals surface area contributed by atoms with Crippen molar-refractivity contribution in [2.75, 3.05) is 26.7 Å². The van der Waals surface area contributed by atoms with Gasteiger partial charge in [-0.25, -0.2) is 4.39 Å². The van der Waals surface area contributed by atoms with Crippen molar-refractivity contribution in [2.24, 2.45) is 5.73 Å².